The van der Waals surface area contributed by atoms with Crippen molar-refractivity contribution in [2.24, 2.45) is 0 Å². The molecule has 2 aromatic rings. The van der Waals surface area contributed by atoms with Gasteiger partial charge < -0.3 is 13.9 Å². The van der Waals surface area contributed by atoms with Gasteiger partial charge in [-0.15, -0.1) is 0 Å². The molecule has 0 radical (unpaired) electrons. The third kappa shape index (κ3) is 2.47. The van der Waals surface area contributed by atoms with Crippen LogP contribution in [0.3, 0.4) is 0 Å². The van der Waals surface area contributed by atoms with E-state index in [2.05, 4.69) is 15.9 Å². The summed E-state index contributed by atoms with van der Waals surface area (Å²) in [7, 11) is 0. The number of aryl methyl sites for hydroxylation is 1. The number of rotatable bonds is 2. The molecule has 0 aliphatic carbocycles. The van der Waals surface area contributed by atoms with Crippen LogP contribution in [0, 0.1) is 6.92 Å². The number of benzene rings is 1. The molecule has 1 atom stereocenters. The zero-order valence-electron chi connectivity index (χ0n) is 10.3. The minimum atomic E-state index is -0.107. The summed E-state index contributed by atoms with van der Waals surface area (Å²) >= 11 is 9.92. The second kappa shape index (κ2) is 5.10. The smallest absolute Gasteiger partial charge is 0.162 e. The van der Waals surface area contributed by atoms with Crippen molar-refractivity contribution in [3.63, 3.8) is 0 Å². The first kappa shape index (κ1) is 12.9. The first-order valence-corrected chi connectivity index (χ1v) is 7.24. The van der Waals surface area contributed by atoms with E-state index >= 15 is 0 Å². The first-order chi connectivity index (χ1) is 9.15. The number of furan rings is 1. The molecule has 0 spiro atoms. The van der Waals surface area contributed by atoms with Crippen LogP contribution in [0.4, 0.5) is 0 Å². The fourth-order valence-corrected chi connectivity index (χ4v) is 3.04. The van der Waals surface area contributed by atoms with E-state index in [1.807, 2.05) is 25.1 Å². The van der Waals surface area contributed by atoms with Gasteiger partial charge in [-0.1, -0.05) is 27.5 Å². The van der Waals surface area contributed by atoms with Crippen molar-refractivity contribution >= 4 is 27.5 Å². The van der Waals surface area contributed by atoms with Crippen molar-refractivity contribution in [3.8, 4) is 11.5 Å². The summed E-state index contributed by atoms with van der Waals surface area (Å²) in [4.78, 5) is -0.107. The Hall–Kier alpha value is -1.13. The van der Waals surface area contributed by atoms with E-state index in [0.717, 1.165) is 22.8 Å². The molecule has 3 rings (SSSR count). The Kier molecular flexibility index (Phi) is 3.46. The van der Waals surface area contributed by atoms with Gasteiger partial charge in [-0.25, -0.2) is 0 Å². The highest BCUT2D eigenvalue weighted by Gasteiger charge is 2.22. The molecule has 1 aliphatic rings. The molecule has 1 aliphatic heterocycles. The summed E-state index contributed by atoms with van der Waals surface area (Å²) in [5.41, 5.74) is 0.903. The predicted molar refractivity (Wildman–Crippen MR) is 76.7 cm³/mol. The van der Waals surface area contributed by atoms with E-state index in [1.165, 1.54) is 0 Å². The van der Waals surface area contributed by atoms with Crippen LogP contribution < -0.4 is 9.47 Å². The molecule has 0 amide bonds. The highest BCUT2D eigenvalue weighted by molar-refractivity contribution is 9.09. The molecule has 2 heterocycles. The van der Waals surface area contributed by atoms with E-state index in [9.17, 15) is 0 Å². The molecule has 5 heteroatoms. The molecule has 100 valence electrons. The minimum absolute atomic E-state index is 0.107. The van der Waals surface area contributed by atoms with Crippen LogP contribution in [0.25, 0.3) is 0 Å². The van der Waals surface area contributed by atoms with Crippen LogP contribution >= 0.6 is 27.5 Å². The maximum Gasteiger partial charge on any atom is 0.162 e. The van der Waals surface area contributed by atoms with Crippen LogP contribution in [0.1, 0.15) is 21.9 Å². The Morgan fingerprint density at radius 1 is 1.16 bits per heavy atom. The molecular formula is C14H12BrClO3. The summed E-state index contributed by atoms with van der Waals surface area (Å²) in [6.45, 7) is 3.02. The topological polar surface area (TPSA) is 31.6 Å². The van der Waals surface area contributed by atoms with Crippen LogP contribution in [0.15, 0.2) is 28.7 Å². The number of hydrogen-bond acceptors (Lipinski definition) is 3. The second-order valence-electron chi connectivity index (χ2n) is 4.33. The zero-order chi connectivity index (χ0) is 13.4. The molecule has 0 bridgehead atoms. The molecule has 1 unspecified atom stereocenters. The Labute approximate surface area is 124 Å². The SMILES string of the molecule is Cc1ccc(C(Br)c2cc3c(cc2Cl)OCCO3)o1. The Bertz CT molecular complexity index is 609. The van der Waals surface area contributed by atoms with Gasteiger partial charge in [0.05, 0.1) is 4.83 Å². The van der Waals surface area contributed by atoms with Crippen LogP contribution in [0.2, 0.25) is 5.02 Å². The number of halogens is 2. The van der Waals surface area contributed by atoms with E-state index in [-0.39, 0.29) is 4.83 Å². The largest absolute Gasteiger partial charge is 0.486 e. The highest BCUT2D eigenvalue weighted by atomic mass is 79.9. The number of ether oxygens (including phenoxy) is 2. The fourth-order valence-electron chi connectivity index (χ4n) is 2.02. The summed E-state index contributed by atoms with van der Waals surface area (Å²) in [5, 5.41) is 0.625. The van der Waals surface area contributed by atoms with Crippen molar-refractivity contribution in [2.75, 3.05) is 13.2 Å². The van der Waals surface area contributed by atoms with Gasteiger partial charge in [0.2, 0.25) is 0 Å². The van der Waals surface area contributed by atoms with Crippen molar-refractivity contribution in [1.82, 2.24) is 0 Å². The molecule has 0 fully saturated rings. The maximum atomic E-state index is 6.31. The van der Waals surface area contributed by atoms with E-state index in [1.54, 1.807) is 6.07 Å². The standard InChI is InChI=1S/C14H12BrClO3/c1-8-2-3-11(19-8)14(15)9-6-12-13(7-10(9)16)18-5-4-17-12/h2-3,6-7,14H,4-5H2,1H3. The molecule has 1 aromatic heterocycles. The average Bonchev–Trinajstić information content (AvgIpc) is 2.84. The molecule has 19 heavy (non-hydrogen) atoms. The number of alkyl halides is 1. The Morgan fingerprint density at radius 3 is 2.47 bits per heavy atom. The van der Waals surface area contributed by atoms with Gasteiger partial charge in [-0.05, 0) is 30.7 Å². The summed E-state index contributed by atoms with van der Waals surface area (Å²) in [6.07, 6.45) is 0. The third-order valence-electron chi connectivity index (χ3n) is 2.95. The molecule has 1 aromatic carbocycles. The lowest BCUT2D eigenvalue weighted by Gasteiger charge is -2.20. The van der Waals surface area contributed by atoms with E-state index < -0.39 is 0 Å². The number of fused-ring (bicyclic) bond motifs is 1. The molecule has 3 nitrogen and oxygen atoms in total. The molecule has 0 N–H and O–H groups in total. The number of hydrogen-bond donors (Lipinski definition) is 0. The molecule has 0 saturated carbocycles. The van der Waals surface area contributed by atoms with Gasteiger partial charge in [0, 0.05) is 11.1 Å². The maximum absolute atomic E-state index is 6.31. The predicted octanol–water partition coefficient (Wildman–Crippen LogP) is 4.50. The lowest BCUT2D eigenvalue weighted by atomic mass is 10.1. The summed E-state index contributed by atoms with van der Waals surface area (Å²) in [5.74, 6) is 3.10. The van der Waals surface area contributed by atoms with E-state index in [4.69, 9.17) is 25.5 Å². The van der Waals surface area contributed by atoms with Crippen LogP contribution in [-0.4, -0.2) is 13.2 Å². The summed E-state index contributed by atoms with van der Waals surface area (Å²) < 4.78 is 16.7. The van der Waals surface area contributed by atoms with Gasteiger partial charge in [0.25, 0.3) is 0 Å². The van der Waals surface area contributed by atoms with Crippen molar-refractivity contribution < 1.29 is 13.9 Å². The van der Waals surface area contributed by atoms with Gasteiger partial charge in [-0.3, -0.25) is 0 Å². The first-order valence-electron chi connectivity index (χ1n) is 5.94. The van der Waals surface area contributed by atoms with Crippen molar-refractivity contribution in [3.05, 3.63) is 46.4 Å². The van der Waals surface area contributed by atoms with Crippen LogP contribution in [0.5, 0.6) is 11.5 Å². The normalized spacial score (nSPS) is 15.3. The third-order valence-corrected chi connectivity index (χ3v) is 4.22. The lowest BCUT2D eigenvalue weighted by Crippen LogP contribution is -2.15. The monoisotopic (exact) mass is 342 g/mol. The van der Waals surface area contributed by atoms with Gasteiger partial charge in [0.1, 0.15) is 24.7 Å². The molecule has 0 saturated heterocycles. The van der Waals surface area contributed by atoms with Gasteiger partial charge in [0.15, 0.2) is 11.5 Å². The quantitative estimate of drug-likeness (QED) is 0.753. The summed E-state index contributed by atoms with van der Waals surface area (Å²) in [6, 6.07) is 7.54. The van der Waals surface area contributed by atoms with E-state index in [0.29, 0.717) is 24.0 Å². The van der Waals surface area contributed by atoms with Crippen molar-refractivity contribution in [1.29, 1.82) is 0 Å². The minimum Gasteiger partial charge on any atom is -0.486 e. The fraction of sp³-hybridized carbons (Fsp3) is 0.286. The van der Waals surface area contributed by atoms with Crippen molar-refractivity contribution in [2.45, 2.75) is 11.8 Å². The molecular weight excluding hydrogens is 332 g/mol. The van der Waals surface area contributed by atoms with Gasteiger partial charge in [-0.2, -0.15) is 0 Å². The second-order valence-corrected chi connectivity index (χ2v) is 5.65. The van der Waals surface area contributed by atoms with Crippen LogP contribution in [-0.2, 0) is 0 Å². The highest BCUT2D eigenvalue weighted by Crippen LogP contribution is 2.42. The Balaban J connectivity index is 2.00. The van der Waals surface area contributed by atoms with Gasteiger partial charge >= 0.3 is 0 Å². The Morgan fingerprint density at radius 2 is 1.84 bits per heavy atom. The average molecular weight is 344 g/mol. The lowest BCUT2D eigenvalue weighted by molar-refractivity contribution is 0.171. The zero-order valence-corrected chi connectivity index (χ0v) is 12.6.